The van der Waals surface area contributed by atoms with Gasteiger partial charge in [0, 0.05) is 27.9 Å². The van der Waals surface area contributed by atoms with Gasteiger partial charge in [-0.25, -0.2) is 4.79 Å². The number of thiophene rings is 1. The summed E-state index contributed by atoms with van der Waals surface area (Å²) in [7, 11) is 0. The SMILES string of the molecule is CC1=CCC[C@@]2(C)[C@@H](CC[C@@]2(O)CN(CC23CC4CC(CC(C4)C2)C3)C(=O)Nc2ccccc2)c2ccc(cc2C(=O)c2cc3ccccc3s2)C[C@@H](O)CC1. The summed E-state index contributed by atoms with van der Waals surface area (Å²) < 4.78 is 1.08. The van der Waals surface area contributed by atoms with Crippen molar-refractivity contribution < 1.29 is 19.8 Å². The Morgan fingerprint density at radius 2 is 1.59 bits per heavy atom. The second-order valence-electron chi connectivity index (χ2n) is 19.0. The summed E-state index contributed by atoms with van der Waals surface area (Å²) >= 11 is 1.53. The molecule has 3 aromatic carbocycles. The fourth-order valence-corrected chi connectivity index (χ4v) is 13.6. The van der Waals surface area contributed by atoms with Crippen LogP contribution >= 0.6 is 11.3 Å². The van der Waals surface area contributed by atoms with Crippen LogP contribution in [-0.4, -0.2) is 51.7 Å². The zero-order valence-electron chi connectivity index (χ0n) is 33.1. The van der Waals surface area contributed by atoms with Crippen LogP contribution in [0.25, 0.3) is 10.1 Å². The van der Waals surface area contributed by atoms with Gasteiger partial charge in [0.2, 0.25) is 5.78 Å². The van der Waals surface area contributed by atoms with Crippen molar-refractivity contribution in [2.75, 3.05) is 18.4 Å². The van der Waals surface area contributed by atoms with Crippen molar-refractivity contribution in [3.63, 3.8) is 0 Å². The van der Waals surface area contributed by atoms with Crippen molar-refractivity contribution in [1.82, 2.24) is 4.90 Å². The second-order valence-corrected chi connectivity index (χ2v) is 20.1. The van der Waals surface area contributed by atoms with Gasteiger partial charge in [0.25, 0.3) is 0 Å². The number of nitrogens with zero attached hydrogens (tertiary/aromatic N) is 1. The van der Waals surface area contributed by atoms with E-state index in [-0.39, 0.29) is 29.7 Å². The number of nitrogens with one attached hydrogen (secondary N) is 1. The molecule has 2 amide bonds. The molecule has 6 bridgehead atoms. The van der Waals surface area contributed by atoms with Crippen molar-refractivity contribution in [2.45, 2.75) is 115 Å². The van der Waals surface area contributed by atoms with Crippen LogP contribution in [0.4, 0.5) is 10.5 Å². The molecule has 6 nitrogen and oxygen atoms in total. The number of benzene rings is 3. The number of carbonyl (C=O) groups excluding carboxylic acids is 2. The van der Waals surface area contributed by atoms with Crippen LogP contribution in [0.1, 0.15) is 123 Å². The third-order valence-corrected chi connectivity index (χ3v) is 16.1. The molecule has 4 aromatic rings. The van der Waals surface area contributed by atoms with Crippen LogP contribution in [-0.2, 0) is 6.42 Å². The summed E-state index contributed by atoms with van der Waals surface area (Å²) in [6.45, 7) is 5.32. The maximum atomic E-state index is 14.7. The van der Waals surface area contributed by atoms with Gasteiger partial charge in [-0.2, -0.15) is 0 Å². The van der Waals surface area contributed by atoms with Gasteiger partial charge in [-0.3, -0.25) is 4.79 Å². The average molecular weight is 771 g/mol. The summed E-state index contributed by atoms with van der Waals surface area (Å²) in [6, 6.07) is 26.0. The van der Waals surface area contributed by atoms with Crippen LogP contribution in [0, 0.1) is 28.6 Å². The minimum absolute atomic E-state index is 0.00356. The number of carbonyl (C=O) groups is 2. The smallest absolute Gasteiger partial charge is 0.321 e. The van der Waals surface area contributed by atoms with Crippen LogP contribution in [0.2, 0.25) is 0 Å². The Hall–Kier alpha value is -3.78. The Morgan fingerprint density at radius 3 is 2.32 bits per heavy atom. The monoisotopic (exact) mass is 770 g/mol. The number of rotatable bonds is 7. The number of hydrogen-bond donors (Lipinski definition) is 3. The molecule has 0 spiro atoms. The quantitative estimate of drug-likeness (QED) is 0.129. The molecule has 1 aromatic heterocycles. The standard InChI is InChI=1S/C49H58N2O4S/c1-32-9-8-19-47(2)42(40-17-15-33(24-39(52)16-14-32)25-41(40)45(53)44-26-37-10-6-7-13-43(37)56-44)18-20-49(47,55)31-51(46(54)50-38-11-4-3-5-12-38)30-48-27-34-21-35(28-48)23-36(22-34)29-48/h3-7,9-13,15,17,25-26,34-36,39,42,52,55H,8,14,16,18-24,27-31H2,1-2H3,(H,50,54)/t34?,35?,36?,39-,42-,47-,48?,49+/m0/s1. The molecule has 0 aliphatic heterocycles. The van der Waals surface area contributed by atoms with E-state index in [1.54, 1.807) is 0 Å². The summed E-state index contributed by atoms with van der Waals surface area (Å²) in [6.07, 6.45) is 14.1. The van der Waals surface area contributed by atoms with Crippen LogP contribution < -0.4 is 5.32 Å². The topological polar surface area (TPSA) is 89.9 Å². The molecule has 294 valence electrons. The maximum Gasteiger partial charge on any atom is 0.321 e. The lowest BCUT2D eigenvalue weighted by Gasteiger charge is -2.58. The molecule has 0 unspecified atom stereocenters. The number of ketones is 1. The summed E-state index contributed by atoms with van der Waals surface area (Å²) in [4.78, 5) is 32.0. The van der Waals surface area contributed by atoms with Gasteiger partial charge in [-0.05, 0) is 166 Å². The Labute approximate surface area is 336 Å². The number of amides is 2. The van der Waals surface area contributed by atoms with Gasteiger partial charge >= 0.3 is 6.03 Å². The predicted octanol–water partition coefficient (Wildman–Crippen LogP) is 10.9. The first kappa shape index (κ1) is 37.8. The van der Waals surface area contributed by atoms with Gasteiger partial charge in [0.1, 0.15) is 0 Å². The van der Waals surface area contributed by atoms with Crippen molar-refractivity contribution >= 4 is 38.9 Å². The van der Waals surface area contributed by atoms with Crippen LogP contribution in [0.15, 0.2) is 90.5 Å². The van der Waals surface area contributed by atoms with Crippen molar-refractivity contribution in [1.29, 1.82) is 0 Å². The lowest BCUT2D eigenvalue weighted by Crippen LogP contribution is -2.58. The lowest BCUT2D eigenvalue weighted by molar-refractivity contribution is -0.0975. The highest BCUT2D eigenvalue weighted by atomic mass is 32.1. The van der Waals surface area contributed by atoms with Gasteiger partial charge < -0.3 is 20.4 Å². The number of allylic oxidation sites excluding steroid dienone is 2. The Balaban J connectivity index is 1.10. The summed E-state index contributed by atoms with van der Waals surface area (Å²) in [5.74, 6) is 2.17. The van der Waals surface area contributed by atoms with E-state index in [0.717, 1.165) is 70.3 Å². The van der Waals surface area contributed by atoms with E-state index in [2.05, 4.69) is 49.5 Å². The number of aliphatic hydroxyl groups excluding tert-OH is 1. The van der Waals surface area contributed by atoms with Gasteiger partial charge in [-0.15, -0.1) is 11.3 Å². The molecular weight excluding hydrogens is 713 g/mol. The number of anilines is 1. The Kier molecular flexibility index (Phi) is 10.0. The second kappa shape index (κ2) is 14.9. The van der Waals surface area contributed by atoms with Gasteiger partial charge in [-0.1, -0.05) is 67.1 Å². The van der Waals surface area contributed by atoms with Crippen molar-refractivity contribution in [3.05, 3.63) is 112 Å². The molecule has 7 aliphatic carbocycles. The first-order valence-electron chi connectivity index (χ1n) is 21.3. The highest BCUT2D eigenvalue weighted by Gasteiger charge is 2.59. The van der Waals surface area contributed by atoms with E-state index in [1.807, 2.05) is 59.5 Å². The van der Waals surface area contributed by atoms with E-state index in [0.29, 0.717) is 36.2 Å². The van der Waals surface area contributed by atoms with E-state index < -0.39 is 17.1 Å². The highest BCUT2D eigenvalue weighted by molar-refractivity contribution is 7.21. The van der Waals surface area contributed by atoms with Crippen molar-refractivity contribution in [2.24, 2.45) is 28.6 Å². The number of fused-ring (bicyclic) bond motifs is 9. The first-order chi connectivity index (χ1) is 27.0. The minimum Gasteiger partial charge on any atom is -0.393 e. The Morgan fingerprint density at radius 1 is 0.875 bits per heavy atom. The number of para-hydroxylation sites is 1. The molecule has 7 heteroatoms. The molecule has 5 saturated carbocycles. The largest absolute Gasteiger partial charge is 0.393 e. The molecular formula is C49H58N2O4S. The van der Waals surface area contributed by atoms with Gasteiger partial charge in [0.15, 0.2) is 0 Å². The summed E-state index contributed by atoms with van der Waals surface area (Å²) in [5, 5.41) is 28.8. The zero-order chi connectivity index (χ0) is 38.7. The van der Waals surface area contributed by atoms with Crippen LogP contribution in [0.3, 0.4) is 0 Å². The fraction of sp³-hybridized carbons (Fsp3) is 0.510. The third kappa shape index (κ3) is 7.17. The highest BCUT2D eigenvalue weighted by Crippen LogP contribution is 2.62. The predicted molar refractivity (Wildman–Crippen MR) is 226 cm³/mol. The molecule has 7 aliphatic rings. The average Bonchev–Trinajstić information content (AvgIpc) is 3.71. The molecule has 56 heavy (non-hydrogen) atoms. The van der Waals surface area contributed by atoms with E-state index in [9.17, 15) is 19.8 Å². The minimum atomic E-state index is -1.18. The molecule has 5 fully saturated rings. The van der Waals surface area contributed by atoms with Gasteiger partial charge in [0.05, 0.1) is 23.1 Å². The molecule has 0 radical (unpaired) electrons. The molecule has 1 heterocycles. The van der Waals surface area contributed by atoms with E-state index in [1.165, 1.54) is 55.4 Å². The molecule has 4 atom stereocenters. The molecule has 3 N–H and O–H groups in total. The first-order valence-corrected chi connectivity index (χ1v) is 22.1. The number of aliphatic hydroxyl groups is 2. The summed E-state index contributed by atoms with van der Waals surface area (Å²) in [5.41, 5.74) is 2.92. The number of urea groups is 1. The normalized spacial score (nSPS) is 32.5. The van der Waals surface area contributed by atoms with Crippen LogP contribution in [0.5, 0.6) is 0 Å². The zero-order valence-corrected chi connectivity index (χ0v) is 34.0. The third-order valence-electron chi connectivity index (χ3n) is 15.0. The molecule has 0 saturated heterocycles. The lowest BCUT2D eigenvalue weighted by atomic mass is 9.49. The Bertz CT molecular complexity index is 2070. The molecule has 11 rings (SSSR count). The maximum absolute atomic E-state index is 14.7. The van der Waals surface area contributed by atoms with Crippen molar-refractivity contribution in [3.8, 4) is 0 Å². The fourth-order valence-electron chi connectivity index (χ4n) is 12.6. The van der Waals surface area contributed by atoms with E-state index >= 15 is 0 Å². The van der Waals surface area contributed by atoms with E-state index in [4.69, 9.17) is 0 Å². The number of hydrogen-bond acceptors (Lipinski definition) is 5.